The molecule has 3 rings (SSSR count). The van der Waals surface area contributed by atoms with Crippen molar-refractivity contribution in [3.63, 3.8) is 0 Å². The summed E-state index contributed by atoms with van der Waals surface area (Å²) in [6.45, 7) is 8.16. The Morgan fingerprint density at radius 1 is 1.40 bits per heavy atom. The topological polar surface area (TPSA) is 15.3 Å². The molecule has 1 saturated carbocycles. The van der Waals surface area contributed by atoms with E-state index in [9.17, 15) is 0 Å². The molecule has 0 amide bonds. The van der Waals surface area contributed by atoms with Crippen LogP contribution in [0.25, 0.3) is 0 Å². The van der Waals surface area contributed by atoms with Gasteiger partial charge in [-0.15, -0.1) is 11.3 Å². The fraction of sp³-hybridized carbons (Fsp3) is 0.750. The molecule has 2 aliphatic rings. The van der Waals surface area contributed by atoms with Crippen LogP contribution in [0.4, 0.5) is 0 Å². The van der Waals surface area contributed by atoms with Crippen molar-refractivity contribution in [1.29, 1.82) is 0 Å². The SMILES string of the molecule is CCC1(CC)CN(Cc2cc(Br)cs2)C(C2CC2)CN1. The molecule has 1 N–H and O–H groups in total. The second-order valence-corrected chi connectivity index (χ2v) is 8.32. The third-order valence-corrected chi connectivity index (χ3v) is 6.84. The van der Waals surface area contributed by atoms with Crippen molar-refractivity contribution in [2.75, 3.05) is 13.1 Å². The highest BCUT2D eigenvalue weighted by molar-refractivity contribution is 9.10. The van der Waals surface area contributed by atoms with E-state index in [1.165, 1.54) is 48.1 Å². The predicted molar refractivity (Wildman–Crippen MR) is 90.3 cm³/mol. The average molecular weight is 357 g/mol. The van der Waals surface area contributed by atoms with E-state index in [1.807, 2.05) is 11.3 Å². The largest absolute Gasteiger partial charge is 0.308 e. The van der Waals surface area contributed by atoms with Crippen LogP contribution in [0.15, 0.2) is 15.9 Å². The Hall–Kier alpha value is 0.1000. The molecule has 1 atom stereocenters. The van der Waals surface area contributed by atoms with Crippen molar-refractivity contribution in [1.82, 2.24) is 10.2 Å². The molecule has 20 heavy (non-hydrogen) atoms. The van der Waals surface area contributed by atoms with Gasteiger partial charge >= 0.3 is 0 Å². The summed E-state index contributed by atoms with van der Waals surface area (Å²) in [5.74, 6) is 0.942. The van der Waals surface area contributed by atoms with Crippen LogP contribution in [0.2, 0.25) is 0 Å². The van der Waals surface area contributed by atoms with E-state index in [4.69, 9.17) is 0 Å². The van der Waals surface area contributed by atoms with Gasteiger partial charge in [0.2, 0.25) is 0 Å². The van der Waals surface area contributed by atoms with E-state index in [0.29, 0.717) is 5.54 Å². The number of nitrogens with one attached hydrogen (secondary N) is 1. The molecule has 1 unspecified atom stereocenters. The Morgan fingerprint density at radius 3 is 2.70 bits per heavy atom. The van der Waals surface area contributed by atoms with Gasteiger partial charge in [0.05, 0.1) is 0 Å². The molecule has 2 heterocycles. The van der Waals surface area contributed by atoms with Gasteiger partial charge in [-0.25, -0.2) is 0 Å². The molecule has 1 aromatic heterocycles. The monoisotopic (exact) mass is 356 g/mol. The van der Waals surface area contributed by atoms with Crippen LogP contribution in [0, 0.1) is 5.92 Å². The number of piperazine rings is 1. The van der Waals surface area contributed by atoms with Crippen LogP contribution < -0.4 is 5.32 Å². The fourth-order valence-electron chi connectivity index (χ4n) is 3.49. The molecular formula is C16H25BrN2S. The van der Waals surface area contributed by atoms with Crippen LogP contribution in [0.1, 0.15) is 44.4 Å². The standard InChI is InChI=1S/C16H25BrN2S/c1-3-16(4-2)11-19(9-14-7-13(17)10-20-14)15(8-18-16)12-5-6-12/h7,10,12,15,18H,3-6,8-9,11H2,1-2H3. The summed E-state index contributed by atoms with van der Waals surface area (Å²) in [5, 5.41) is 6.08. The van der Waals surface area contributed by atoms with Crippen molar-refractivity contribution in [3.05, 3.63) is 20.8 Å². The second-order valence-electron chi connectivity index (χ2n) is 6.41. The van der Waals surface area contributed by atoms with E-state index in [0.717, 1.165) is 18.5 Å². The Kier molecular flexibility index (Phi) is 4.56. The normalized spacial score (nSPS) is 26.9. The zero-order chi connectivity index (χ0) is 14.2. The Morgan fingerprint density at radius 2 is 2.15 bits per heavy atom. The van der Waals surface area contributed by atoms with Crippen LogP contribution in [-0.2, 0) is 6.54 Å². The lowest BCUT2D eigenvalue weighted by molar-refractivity contribution is 0.0565. The van der Waals surface area contributed by atoms with E-state index in [2.05, 4.69) is 51.4 Å². The molecule has 1 aromatic rings. The van der Waals surface area contributed by atoms with Gasteiger partial charge in [-0.1, -0.05) is 13.8 Å². The van der Waals surface area contributed by atoms with Gasteiger partial charge in [-0.05, 0) is 53.6 Å². The van der Waals surface area contributed by atoms with Crippen molar-refractivity contribution in [2.24, 2.45) is 5.92 Å². The molecule has 112 valence electrons. The maximum absolute atomic E-state index is 3.88. The molecule has 0 radical (unpaired) electrons. The molecule has 2 nitrogen and oxygen atoms in total. The number of nitrogens with zero attached hydrogens (tertiary/aromatic N) is 1. The third-order valence-electron chi connectivity index (χ3n) is 5.16. The van der Waals surface area contributed by atoms with Crippen LogP contribution in [0.3, 0.4) is 0 Å². The minimum atomic E-state index is 0.333. The molecule has 0 spiro atoms. The second kappa shape index (κ2) is 6.07. The van der Waals surface area contributed by atoms with Gasteiger partial charge in [0.1, 0.15) is 0 Å². The fourth-order valence-corrected chi connectivity index (χ4v) is 4.97. The highest BCUT2D eigenvalue weighted by Crippen LogP contribution is 2.39. The molecule has 0 bridgehead atoms. The lowest BCUT2D eigenvalue weighted by atomic mass is 9.87. The minimum absolute atomic E-state index is 0.333. The molecule has 0 aromatic carbocycles. The smallest absolute Gasteiger partial charge is 0.0332 e. The van der Waals surface area contributed by atoms with Gasteiger partial charge in [-0.3, -0.25) is 4.90 Å². The third kappa shape index (κ3) is 3.13. The van der Waals surface area contributed by atoms with Gasteiger partial charge in [0.15, 0.2) is 0 Å². The molecule has 2 fully saturated rings. The summed E-state index contributed by atoms with van der Waals surface area (Å²) in [6, 6.07) is 3.04. The summed E-state index contributed by atoms with van der Waals surface area (Å²) in [5.41, 5.74) is 0.333. The van der Waals surface area contributed by atoms with Crippen molar-refractivity contribution in [2.45, 2.75) is 57.7 Å². The Balaban J connectivity index is 1.74. The first kappa shape index (κ1) is 15.0. The number of hydrogen-bond acceptors (Lipinski definition) is 3. The van der Waals surface area contributed by atoms with Gasteiger partial charge < -0.3 is 5.32 Å². The Bertz CT molecular complexity index is 451. The molecule has 1 saturated heterocycles. The molecule has 1 aliphatic heterocycles. The van der Waals surface area contributed by atoms with Crippen LogP contribution in [0.5, 0.6) is 0 Å². The maximum atomic E-state index is 3.88. The summed E-state index contributed by atoms with van der Waals surface area (Å²) in [6.07, 6.45) is 5.32. The summed E-state index contributed by atoms with van der Waals surface area (Å²) < 4.78 is 1.23. The number of rotatable bonds is 5. The van der Waals surface area contributed by atoms with Crippen molar-refractivity contribution < 1.29 is 0 Å². The quantitative estimate of drug-likeness (QED) is 0.847. The lowest BCUT2D eigenvalue weighted by Crippen LogP contribution is -2.64. The number of halogens is 1. The first-order valence-corrected chi connectivity index (χ1v) is 9.55. The summed E-state index contributed by atoms with van der Waals surface area (Å²) >= 11 is 5.47. The lowest BCUT2D eigenvalue weighted by Gasteiger charge is -2.47. The Labute approximate surface area is 135 Å². The number of thiophene rings is 1. The molecular weight excluding hydrogens is 332 g/mol. The highest BCUT2D eigenvalue weighted by Gasteiger charge is 2.42. The molecule has 1 aliphatic carbocycles. The van der Waals surface area contributed by atoms with Crippen LogP contribution >= 0.6 is 27.3 Å². The first-order valence-electron chi connectivity index (χ1n) is 7.88. The summed E-state index contributed by atoms with van der Waals surface area (Å²) in [4.78, 5) is 4.25. The predicted octanol–water partition coefficient (Wildman–Crippen LogP) is 4.25. The minimum Gasteiger partial charge on any atom is -0.308 e. The van der Waals surface area contributed by atoms with E-state index < -0.39 is 0 Å². The van der Waals surface area contributed by atoms with Gasteiger partial charge in [0.25, 0.3) is 0 Å². The summed E-state index contributed by atoms with van der Waals surface area (Å²) in [7, 11) is 0. The number of hydrogen-bond donors (Lipinski definition) is 1. The van der Waals surface area contributed by atoms with E-state index >= 15 is 0 Å². The van der Waals surface area contributed by atoms with Crippen molar-refractivity contribution in [3.8, 4) is 0 Å². The average Bonchev–Trinajstić information content (AvgIpc) is 3.22. The van der Waals surface area contributed by atoms with E-state index in [-0.39, 0.29) is 0 Å². The van der Waals surface area contributed by atoms with E-state index in [1.54, 1.807) is 0 Å². The zero-order valence-corrected chi connectivity index (χ0v) is 14.9. The zero-order valence-electron chi connectivity index (χ0n) is 12.5. The highest BCUT2D eigenvalue weighted by atomic mass is 79.9. The van der Waals surface area contributed by atoms with Gasteiger partial charge in [0, 0.05) is 45.9 Å². The molecule has 4 heteroatoms. The van der Waals surface area contributed by atoms with Gasteiger partial charge in [-0.2, -0.15) is 0 Å². The maximum Gasteiger partial charge on any atom is 0.0332 e. The van der Waals surface area contributed by atoms with Crippen molar-refractivity contribution >= 4 is 27.3 Å². The first-order chi connectivity index (χ1) is 9.65. The van der Waals surface area contributed by atoms with Crippen LogP contribution in [-0.4, -0.2) is 29.6 Å².